The van der Waals surface area contributed by atoms with Gasteiger partial charge in [-0.3, -0.25) is 0 Å². The molecule has 0 unspecified atom stereocenters. The number of benzene rings is 1. The maximum absolute atomic E-state index is 9.46. The van der Waals surface area contributed by atoms with Gasteiger partial charge in [-0.1, -0.05) is 31.0 Å². The molecule has 1 aromatic rings. The second kappa shape index (κ2) is 5.74. The summed E-state index contributed by atoms with van der Waals surface area (Å²) in [6, 6.07) is 6.55. The number of aliphatic hydroxyl groups excluding tert-OH is 1. The minimum Gasteiger partial charge on any atom is -0.392 e. The molecule has 0 spiro atoms. The normalized spacial score (nSPS) is 15.0. The fourth-order valence-electron chi connectivity index (χ4n) is 2.19. The van der Waals surface area contributed by atoms with Crippen LogP contribution in [0.15, 0.2) is 18.2 Å². The Morgan fingerprint density at radius 3 is 2.76 bits per heavy atom. The van der Waals surface area contributed by atoms with Gasteiger partial charge in [-0.15, -0.1) is 0 Å². The van der Waals surface area contributed by atoms with Gasteiger partial charge in [-0.25, -0.2) is 0 Å². The Morgan fingerprint density at radius 1 is 1.41 bits per heavy atom. The lowest BCUT2D eigenvalue weighted by atomic mass is 10.1. The Bertz CT molecular complexity index is 376. The summed E-state index contributed by atoms with van der Waals surface area (Å²) in [6.07, 6.45) is 4.91. The summed E-state index contributed by atoms with van der Waals surface area (Å²) in [6.45, 7) is 3.29. The van der Waals surface area contributed by atoms with E-state index in [2.05, 4.69) is 17.9 Å². The summed E-state index contributed by atoms with van der Waals surface area (Å²) >= 11 is 6.15. The van der Waals surface area contributed by atoms with Gasteiger partial charge in [0.2, 0.25) is 0 Å². The standard InChI is InChI=1S/C14H20ClNO/c1-2-3-9-16(11-7-8-11)14-6-4-5-13(15)12(14)10-17/h4-6,11,17H,2-3,7-10H2,1H3. The van der Waals surface area contributed by atoms with Crippen molar-refractivity contribution in [2.45, 2.75) is 45.3 Å². The largest absolute Gasteiger partial charge is 0.392 e. The molecule has 1 N–H and O–H groups in total. The molecular weight excluding hydrogens is 234 g/mol. The number of anilines is 1. The Kier molecular flexibility index (Phi) is 4.30. The Labute approximate surface area is 108 Å². The third-order valence-corrected chi connectivity index (χ3v) is 3.66. The van der Waals surface area contributed by atoms with Crippen LogP contribution in [0.25, 0.3) is 0 Å². The van der Waals surface area contributed by atoms with E-state index < -0.39 is 0 Å². The van der Waals surface area contributed by atoms with Crippen LogP contribution in [0.4, 0.5) is 5.69 Å². The molecule has 1 aliphatic rings. The van der Waals surface area contributed by atoms with Crippen LogP contribution in [-0.2, 0) is 6.61 Å². The molecule has 1 fully saturated rings. The van der Waals surface area contributed by atoms with E-state index in [0.29, 0.717) is 11.1 Å². The highest BCUT2D eigenvalue weighted by Gasteiger charge is 2.30. The van der Waals surface area contributed by atoms with Gasteiger partial charge in [0.1, 0.15) is 0 Å². The lowest BCUT2D eigenvalue weighted by molar-refractivity contribution is 0.282. The first-order chi connectivity index (χ1) is 8.27. The van der Waals surface area contributed by atoms with E-state index in [1.807, 2.05) is 12.1 Å². The highest BCUT2D eigenvalue weighted by Crippen LogP contribution is 2.36. The Hall–Kier alpha value is -0.730. The van der Waals surface area contributed by atoms with Crippen molar-refractivity contribution in [3.8, 4) is 0 Å². The maximum Gasteiger partial charge on any atom is 0.0716 e. The summed E-state index contributed by atoms with van der Waals surface area (Å²) in [5.74, 6) is 0. The molecular formula is C14H20ClNO. The average Bonchev–Trinajstić information content (AvgIpc) is 3.14. The van der Waals surface area contributed by atoms with Crippen LogP contribution in [0.3, 0.4) is 0 Å². The van der Waals surface area contributed by atoms with Gasteiger partial charge in [-0.05, 0) is 31.4 Å². The van der Waals surface area contributed by atoms with Crippen LogP contribution < -0.4 is 4.90 Å². The molecule has 2 nitrogen and oxygen atoms in total. The summed E-state index contributed by atoms with van der Waals surface area (Å²) in [4.78, 5) is 2.42. The molecule has 0 amide bonds. The summed E-state index contributed by atoms with van der Waals surface area (Å²) < 4.78 is 0. The second-order valence-corrected chi connectivity index (χ2v) is 5.08. The molecule has 1 saturated carbocycles. The van der Waals surface area contributed by atoms with Gasteiger partial charge in [-0.2, -0.15) is 0 Å². The van der Waals surface area contributed by atoms with E-state index >= 15 is 0 Å². The fourth-order valence-corrected chi connectivity index (χ4v) is 2.42. The van der Waals surface area contributed by atoms with Gasteiger partial charge < -0.3 is 10.0 Å². The molecule has 0 aromatic heterocycles. The fraction of sp³-hybridized carbons (Fsp3) is 0.571. The molecule has 1 aromatic carbocycles. The van der Waals surface area contributed by atoms with Gasteiger partial charge in [0.05, 0.1) is 6.61 Å². The molecule has 2 rings (SSSR count). The zero-order valence-electron chi connectivity index (χ0n) is 10.3. The first-order valence-electron chi connectivity index (χ1n) is 6.42. The average molecular weight is 254 g/mol. The van der Waals surface area contributed by atoms with Gasteiger partial charge in [0.25, 0.3) is 0 Å². The van der Waals surface area contributed by atoms with Gasteiger partial charge in [0.15, 0.2) is 0 Å². The molecule has 0 bridgehead atoms. The predicted octanol–water partition coefficient (Wildman–Crippen LogP) is 3.60. The van der Waals surface area contributed by atoms with Crippen molar-refractivity contribution in [1.82, 2.24) is 0 Å². The molecule has 0 radical (unpaired) electrons. The minimum absolute atomic E-state index is 0.0182. The van der Waals surface area contributed by atoms with Gasteiger partial charge in [0, 0.05) is 28.9 Å². The molecule has 3 heteroatoms. The molecule has 0 aliphatic heterocycles. The van der Waals surface area contributed by atoms with Crippen LogP contribution in [0.5, 0.6) is 0 Å². The number of nitrogens with zero attached hydrogens (tertiary/aromatic N) is 1. The van der Waals surface area contributed by atoms with Crippen molar-refractivity contribution in [2.24, 2.45) is 0 Å². The zero-order chi connectivity index (χ0) is 12.3. The molecule has 0 atom stereocenters. The lowest BCUT2D eigenvalue weighted by Crippen LogP contribution is -2.27. The highest BCUT2D eigenvalue weighted by molar-refractivity contribution is 6.31. The second-order valence-electron chi connectivity index (χ2n) is 4.67. The lowest BCUT2D eigenvalue weighted by Gasteiger charge is -2.27. The van der Waals surface area contributed by atoms with Crippen LogP contribution in [0, 0.1) is 0 Å². The van der Waals surface area contributed by atoms with E-state index in [1.54, 1.807) is 0 Å². The first-order valence-corrected chi connectivity index (χ1v) is 6.80. The molecule has 17 heavy (non-hydrogen) atoms. The number of aliphatic hydroxyl groups is 1. The summed E-state index contributed by atoms with van der Waals surface area (Å²) in [5, 5.41) is 10.1. The van der Waals surface area contributed by atoms with E-state index in [0.717, 1.165) is 17.8 Å². The number of halogens is 1. The van der Waals surface area contributed by atoms with Crippen molar-refractivity contribution in [1.29, 1.82) is 0 Å². The number of unbranched alkanes of at least 4 members (excludes halogenated alkanes) is 1. The van der Waals surface area contributed by atoms with Crippen molar-refractivity contribution in [2.75, 3.05) is 11.4 Å². The van der Waals surface area contributed by atoms with E-state index in [9.17, 15) is 5.11 Å². The van der Waals surface area contributed by atoms with Crippen LogP contribution in [0.1, 0.15) is 38.2 Å². The monoisotopic (exact) mass is 253 g/mol. The maximum atomic E-state index is 9.46. The third-order valence-electron chi connectivity index (χ3n) is 3.30. The van der Waals surface area contributed by atoms with E-state index in [4.69, 9.17) is 11.6 Å². The van der Waals surface area contributed by atoms with E-state index in [1.165, 1.54) is 25.7 Å². The van der Waals surface area contributed by atoms with Crippen molar-refractivity contribution < 1.29 is 5.11 Å². The molecule has 1 aliphatic carbocycles. The predicted molar refractivity (Wildman–Crippen MR) is 72.7 cm³/mol. The number of hydrogen-bond acceptors (Lipinski definition) is 2. The highest BCUT2D eigenvalue weighted by atomic mass is 35.5. The van der Waals surface area contributed by atoms with E-state index in [-0.39, 0.29) is 6.61 Å². The first kappa shape index (κ1) is 12.7. The molecule has 94 valence electrons. The van der Waals surface area contributed by atoms with Crippen LogP contribution in [-0.4, -0.2) is 17.7 Å². The zero-order valence-corrected chi connectivity index (χ0v) is 11.1. The quantitative estimate of drug-likeness (QED) is 0.837. The topological polar surface area (TPSA) is 23.5 Å². The third kappa shape index (κ3) is 2.93. The summed E-state index contributed by atoms with van der Waals surface area (Å²) in [7, 11) is 0. The van der Waals surface area contributed by atoms with Crippen molar-refractivity contribution >= 4 is 17.3 Å². The Balaban J connectivity index is 2.25. The molecule has 0 heterocycles. The van der Waals surface area contributed by atoms with Crippen molar-refractivity contribution in [3.63, 3.8) is 0 Å². The molecule has 0 saturated heterocycles. The van der Waals surface area contributed by atoms with Gasteiger partial charge >= 0.3 is 0 Å². The van der Waals surface area contributed by atoms with Crippen molar-refractivity contribution in [3.05, 3.63) is 28.8 Å². The summed E-state index contributed by atoms with van der Waals surface area (Å²) in [5.41, 5.74) is 1.99. The number of hydrogen-bond donors (Lipinski definition) is 1. The minimum atomic E-state index is 0.0182. The smallest absolute Gasteiger partial charge is 0.0716 e. The Morgan fingerprint density at radius 2 is 2.18 bits per heavy atom. The van der Waals surface area contributed by atoms with Crippen LogP contribution >= 0.6 is 11.6 Å². The van der Waals surface area contributed by atoms with Crippen LogP contribution in [0.2, 0.25) is 5.02 Å². The SMILES string of the molecule is CCCCN(c1cccc(Cl)c1CO)C1CC1. The number of rotatable bonds is 6.